The number of nitrogens with one attached hydrogen (secondary N) is 1. The van der Waals surface area contributed by atoms with Gasteiger partial charge in [-0.05, 0) is 54.6 Å². The van der Waals surface area contributed by atoms with E-state index in [1.54, 1.807) is 6.07 Å². The highest BCUT2D eigenvalue weighted by atomic mass is 19.1. The minimum atomic E-state index is -0.239. The molecule has 0 radical (unpaired) electrons. The van der Waals surface area contributed by atoms with Crippen LogP contribution in [0.1, 0.15) is 49.5 Å². The molecule has 0 spiro atoms. The Balaban J connectivity index is 1.41. The van der Waals surface area contributed by atoms with E-state index in [9.17, 15) is 4.39 Å². The summed E-state index contributed by atoms with van der Waals surface area (Å²) in [6.07, 6.45) is 6.39. The van der Waals surface area contributed by atoms with E-state index in [2.05, 4.69) is 19.9 Å². The topological polar surface area (TPSA) is 108 Å². The van der Waals surface area contributed by atoms with Crippen LogP contribution >= 0.6 is 0 Å². The molecule has 34 heavy (non-hydrogen) atoms. The second kappa shape index (κ2) is 9.77. The molecule has 5 rings (SSSR count). The van der Waals surface area contributed by atoms with E-state index in [4.69, 9.17) is 16.5 Å². The second-order valence-electron chi connectivity index (χ2n) is 8.89. The highest BCUT2D eigenvalue weighted by Crippen LogP contribution is 2.35. The zero-order valence-electron chi connectivity index (χ0n) is 19.2. The van der Waals surface area contributed by atoms with Crippen LogP contribution in [0.15, 0.2) is 48.5 Å². The van der Waals surface area contributed by atoms with E-state index in [-0.39, 0.29) is 11.8 Å². The smallest absolute Gasteiger partial charge is 0.224 e. The summed E-state index contributed by atoms with van der Waals surface area (Å²) in [5.74, 6) is 1.65. The van der Waals surface area contributed by atoms with Gasteiger partial charge >= 0.3 is 0 Å². The number of hydrogen-bond donors (Lipinski definition) is 3. The number of rotatable bonds is 8. The van der Waals surface area contributed by atoms with Crippen LogP contribution in [0.2, 0.25) is 0 Å². The van der Waals surface area contributed by atoms with Gasteiger partial charge in [-0.15, -0.1) is 0 Å². The molecule has 0 amide bonds. The molecule has 2 aromatic carbocycles. The van der Waals surface area contributed by atoms with Gasteiger partial charge in [0.25, 0.3) is 0 Å². The molecular weight excluding hydrogens is 429 g/mol. The second-order valence-corrected chi connectivity index (χ2v) is 8.89. The lowest BCUT2D eigenvalue weighted by molar-refractivity contribution is 0.504. The van der Waals surface area contributed by atoms with Crippen molar-refractivity contribution in [1.29, 1.82) is 0 Å². The van der Waals surface area contributed by atoms with Crippen molar-refractivity contribution in [1.82, 2.24) is 19.5 Å². The summed E-state index contributed by atoms with van der Waals surface area (Å²) in [6, 6.07) is 15.1. The summed E-state index contributed by atoms with van der Waals surface area (Å²) in [7, 11) is 0. The van der Waals surface area contributed by atoms with E-state index in [0.717, 1.165) is 59.4 Å². The number of halogens is 1. The molecule has 0 atom stereocenters. The number of nitrogens with two attached hydrogens (primary N) is 2. The minimum Gasteiger partial charge on any atom is -0.368 e. The van der Waals surface area contributed by atoms with E-state index < -0.39 is 0 Å². The number of benzene rings is 2. The molecule has 2 heterocycles. The van der Waals surface area contributed by atoms with E-state index in [1.165, 1.54) is 25.0 Å². The molecule has 1 aliphatic rings. The quantitative estimate of drug-likeness (QED) is 0.348. The molecular formula is C26H30FN7. The summed E-state index contributed by atoms with van der Waals surface area (Å²) in [4.78, 5) is 14.0. The summed E-state index contributed by atoms with van der Waals surface area (Å²) >= 11 is 0. The number of imidazole rings is 1. The van der Waals surface area contributed by atoms with Crippen molar-refractivity contribution in [3.8, 4) is 11.1 Å². The average molecular weight is 460 g/mol. The lowest BCUT2D eigenvalue weighted by Crippen LogP contribution is -2.12. The SMILES string of the molecule is NCCCc1nc2c(NCc3ccc(-c4cccc(F)c4)cc3)nc(N)nc2n1C1CCCC1. The molecule has 0 aliphatic heterocycles. The van der Waals surface area contributed by atoms with Crippen molar-refractivity contribution >= 4 is 22.9 Å². The van der Waals surface area contributed by atoms with Crippen LogP contribution in [0.25, 0.3) is 22.3 Å². The lowest BCUT2D eigenvalue weighted by atomic mass is 10.0. The maximum atomic E-state index is 13.6. The van der Waals surface area contributed by atoms with Crippen molar-refractivity contribution in [2.75, 3.05) is 17.6 Å². The fourth-order valence-electron chi connectivity index (χ4n) is 4.81. The Bertz CT molecular complexity index is 1280. The highest BCUT2D eigenvalue weighted by Gasteiger charge is 2.25. The number of fused-ring (bicyclic) bond motifs is 1. The van der Waals surface area contributed by atoms with Crippen LogP contribution in [0, 0.1) is 5.82 Å². The maximum absolute atomic E-state index is 13.6. The van der Waals surface area contributed by atoms with Crippen LogP contribution in [0.3, 0.4) is 0 Å². The zero-order chi connectivity index (χ0) is 23.5. The third kappa shape index (κ3) is 4.59. The molecule has 7 nitrogen and oxygen atoms in total. The van der Waals surface area contributed by atoms with Gasteiger partial charge in [-0.2, -0.15) is 9.97 Å². The fraction of sp³-hybridized carbons (Fsp3) is 0.346. The Hall–Kier alpha value is -3.52. The number of nitrogens with zero attached hydrogens (tertiary/aromatic N) is 4. The van der Waals surface area contributed by atoms with Crippen molar-refractivity contribution in [2.45, 2.75) is 51.1 Å². The number of aromatic nitrogens is 4. The van der Waals surface area contributed by atoms with E-state index in [0.29, 0.717) is 24.9 Å². The number of aryl methyl sites for hydroxylation is 1. The standard InChI is InChI=1S/C26H30FN7/c27-20-6-3-5-19(15-20)18-12-10-17(11-13-18)16-30-24-23-25(33-26(29)32-24)34(21-7-1-2-8-21)22(31-23)9-4-14-28/h3,5-6,10-13,15,21H,1-2,4,7-9,14,16,28H2,(H3,29,30,32,33). The largest absolute Gasteiger partial charge is 0.368 e. The maximum Gasteiger partial charge on any atom is 0.224 e. The van der Waals surface area contributed by atoms with Gasteiger partial charge in [0.05, 0.1) is 0 Å². The summed E-state index contributed by atoms with van der Waals surface area (Å²) in [6.45, 7) is 1.18. The first kappa shape index (κ1) is 22.3. The Labute approximate surface area is 198 Å². The molecule has 0 unspecified atom stereocenters. The average Bonchev–Trinajstić information content (AvgIpc) is 3.49. The summed E-state index contributed by atoms with van der Waals surface area (Å²) < 4.78 is 15.8. The molecule has 1 fully saturated rings. The zero-order valence-corrected chi connectivity index (χ0v) is 19.2. The lowest BCUT2D eigenvalue weighted by Gasteiger charge is -2.16. The Morgan fingerprint density at radius 2 is 1.79 bits per heavy atom. The van der Waals surface area contributed by atoms with Gasteiger partial charge in [-0.3, -0.25) is 0 Å². The van der Waals surface area contributed by atoms with Crippen molar-refractivity contribution in [3.05, 3.63) is 65.7 Å². The van der Waals surface area contributed by atoms with E-state index in [1.807, 2.05) is 30.3 Å². The van der Waals surface area contributed by atoms with Crippen LogP contribution < -0.4 is 16.8 Å². The first-order valence-corrected chi connectivity index (χ1v) is 12.0. The van der Waals surface area contributed by atoms with Gasteiger partial charge in [0.1, 0.15) is 11.6 Å². The number of anilines is 2. The molecule has 4 aromatic rings. The molecule has 2 aromatic heterocycles. The van der Waals surface area contributed by atoms with Gasteiger partial charge < -0.3 is 21.4 Å². The number of nitrogen functional groups attached to an aromatic ring is 1. The van der Waals surface area contributed by atoms with Gasteiger partial charge in [0, 0.05) is 19.0 Å². The van der Waals surface area contributed by atoms with E-state index >= 15 is 0 Å². The molecule has 1 aliphatic carbocycles. The van der Waals surface area contributed by atoms with Crippen LogP contribution in [-0.2, 0) is 13.0 Å². The van der Waals surface area contributed by atoms with Crippen molar-refractivity contribution in [2.24, 2.45) is 5.73 Å². The monoisotopic (exact) mass is 459 g/mol. The Morgan fingerprint density at radius 3 is 2.53 bits per heavy atom. The molecule has 8 heteroatoms. The third-order valence-corrected chi connectivity index (χ3v) is 6.50. The molecule has 5 N–H and O–H groups in total. The molecule has 176 valence electrons. The normalized spacial score (nSPS) is 14.2. The first-order chi connectivity index (χ1) is 16.6. The number of hydrogen-bond acceptors (Lipinski definition) is 6. The molecule has 1 saturated carbocycles. The predicted octanol–water partition coefficient (Wildman–Crippen LogP) is 4.83. The first-order valence-electron chi connectivity index (χ1n) is 12.0. The van der Waals surface area contributed by atoms with Crippen LogP contribution in [0.5, 0.6) is 0 Å². The predicted molar refractivity (Wildman–Crippen MR) is 134 cm³/mol. The molecule has 0 bridgehead atoms. The van der Waals surface area contributed by atoms with Crippen molar-refractivity contribution < 1.29 is 4.39 Å². The minimum absolute atomic E-state index is 0.237. The van der Waals surface area contributed by atoms with Crippen molar-refractivity contribution in [3.63, 3.8) is 0 Å². The Morgan fingerprint density at radius 1 is 1.00 bits per heavy atom. The third-order valence-electron chi connectivity index (χ3n) is 6.50. The van der Waals surface area contributed by atoms with Gasteiger partial charge in [0.2, 0.25) is 5.95 Å². The van der Waals surface area contributed by atoms with Crippen LogP contribution in [-0.4, -0.2) is 26.1 Å². The highest BCUT2D eigenvalue weighted by molar-refractivity contribution is 5.85. The Kier molecular flexibility index (Phi) is 6.40. The van der Waals surface area contributed by atoms with Gasteiger partial charge in [-0.25, -0.2) is 9.37 Å². The van der Waals surface area contributed by atoms with Crippen LogP contribution in [0.4, 0.5) is 16.2 Å². The summed E-state index contributed by atoms with van der Waals surface area (Å²) in [5, 5.41) is 3.41. The van der Waals surface area contributed by atoms with Gasteiger partial charge in [-0.1, -0.05) is 49.2 Å². The van der Waals surface area contributed by atoms with Gasteiger partial charge in [0.15, 0.2) is 17.0 Å². The molecule has 0 saturated heterocycles. The summed E-state index contributed by atoms with van der Waals surface area (Å²) in [5.41, 5.74) is 16.3. The fourth-order valence-corrected chi connectivity index (χ4v) is 4.81.